The van der Waals surface area contributed by atoms with E-state index in [2.05, 4.69) is 46.8 Å². The van der Waals surface area contributed by atoms with Gasteiger partial charge in [-0.15, -0.1) is 35.3 Å². The van der Waals surface area contributed by atoms with Crippen LogP contribution in [0.4, 0.5) is 0 Å². The van der Waals surface area contributed by atoms with Crippen LogP contribution in [0.15, 0.2) is 47.5 Å². The minimum Gasteiger partial charge on any atom is -0.356 e. The van der Waals surface area contributed by atoms with Crippen LogP contribution in [-0.2, 0) is 24.2 Å². The van der Waals surface area contributed by atoms with Crippen LogP contribution in [-0.4, -0.2) is 43.4 Å². The molecule has 1 aromatic heterocycles. The molecular weight excluding hydrogens is 495 g/mol. The Balaban J connectivity index is 0.00000300. The Labute approximate surface area is 195 Å². The van der Waals surface area contributed by atoms with Gasteiger partial charge in [-0.05, 0) is 30.5 Å². The van der Waals surface area contributed by atoms with Crippen LogP contribution >= 0.6 is 35.3 Å². The Kier molecular flexibility index (Phi) is 9.93. The number of hydrogen-bond acceptors (Lipinski definition) is 3. The van der Waals surface area contributed by atoms with Crippen molar-refractivity contribution in [2.45, 2.75) is 32.7 Å². The van der Waals surface area contributed by atoms with Crippen LogP contribution in [0.5, 0.6) is 0 Å². The third kappa shape index (κ3) is 7.29. The van der Waals surface area contributed by atoms with E-state index < -0.39 is 0 Å². The molecule has 0 radical (unpaired) electrons. The Hall–Kier alpha value is -1.61. The first kappa shape index (κ1) is 23.7. The molecule has 1 amide bonds. The van der Waals surface area contributed by atoms with Gasteiger partial charge in [0.15, 0.2) is 5.96 Å². The number of amides is 1. The lowest BCUT2D eigenvalue weighted by Gasteiger charge is -2.18. The highest BCUT2D eigenvalue weighted by atomic mass is 127. The Morgan fingerprint density at radius 2 is 1.93 bits per heavy atom. The molecule has 1 aliphatic rings. The predicted molar refractivity (Wildman–Crippen MR) is 132 cm³/mol. The molecule has 2 N–H and O–H groups in total. The monoisotopic (exact) mass is 526 g/mol. The van der Waals surface area contributed by atoms with Gasteiger partial charge in [-0.3, -0.25) is 9.79 Å². The molecule has 1 aliphatic heterocycles. The quantitative estimate of drug-likeness (QED) is 0.314. The summed E-state index contributed by atoms with van der Waals surface area (Å²) >= 11 is 1.84. The maximum absolute atomic E-state index is 12.3. The summed E-state index contributed by atoms with van der Waals surface area (Å²) in [6, 6.07) is 14.7. The number of halogens is 1. The number of guanidine groups is 1. The van der Waals surface area contributed by atoms with Gasteiger partial charge >= 0.3 is 0 Å². The minimum absolute atomic E-state index is 0. The summed E-state index contributed by atoms with van der Waals surface area (Å²) < 4.78 is 0. The molecule has 1 saturated heterocycles. The summed E-state index contributed by atoms with van der Waals surface area (Å²) in [5, 5.41) is 6.75. The van der Waals surface area contributed by atoms with Gasteiger partial charge in [0.2, 0.25) is 5.91 Å². The standard InChI is InChI=1S/C22H30N4OS.HI/c1-3-19-9-10-20(28-19)15-25-22(23-2)24-14-18-13-21(27)26(16-18)12-11-17-7-5-4-6-8-17;/h4-10,18H,3,11-16H2,1-2H3,(H2,23,24,25);1H. The first-order valence-electron chi connectivity index (χ1n) is 10.0. The van der Waals surface area contributed by atoms with Crippen molar-refractivity contribution in [3.05, 3.63) is 57.8 Å². The number of likely N-dealkylation sites (tertiary alicyclic amines) is 1. The fourth-order valence-corrected chi connectivity index (χ4v) is 4.35. The summed E-state index contributed by atoms with van der Waals surface area (Å²) in [6.07, 6.45) is 2.61. The summed E-state index contributed by atoms with van der Waals surface area (Å²) in [5.41, 5.74) is 1.28. The molecule has 2 aromatic rings. The molecule has 1 fully saturated rings. The van der Waals surface area contributed by atoms with Crippen molar-refractivity contribution in [1.82, 2.24) is 15.5 Å². The number of nitrogens with zero attached hydrogens (tertiary/aromatic N) is 2. The van der Waals surface area contributed by atoms with Crippen LogP contribution in [0.25, 0.3) is 0 Å². The van der Waals surface area contributed by atoms with Gasteiger partial charge in [0, 0.05) is 48.8 Å². The van der Waals surface area contributed by atoms with E-state index in [-0.39, 0.29) is 29.9 Å². The van der Waals surface area contributed by atoms with Gasteiger partial charge in [0.25, 0.3) is 0 Å². The largest absolute Gasteiger partial charge is 0.356 e. The van der Waals surface area contributed by atoms with Gasteiger partial charge in [-0.25, -0.2) is 0 Å². The van der Waals surface area contributed by atoms with Gasteiger partial charge in [-0.2, -0.15) is 0 Å². The topological polar surface area (TPSA) is 56.7 Å². The Morgan fingerprint density at radius 1 is 1.17 bits per heavy atom. The number of aliphatic imine (C=N–C) groups is 1. The van der Waals surface area contributed by atoms with Crippen LogP contribution in [0.2, 0.25) is 0 Å². The number of nitrogens with one attached hydrogen (secondary N) is 2. The van der Waals surface area contributed by atoms with Crippen molar-refractivity contribution in [3.8, 4) is 0 Å². The SMILES string of the molecule is CCc1ccc(CNC(=NC)NCC2CC(=O)N(CCc3ccccc3)C2)s1.I. The summed E-state index contributed by atoms with van der Waals surface area (Å²) in [4.78, 5) is 21.3. The number of carbonyl (C=O) groups excluding carboxylic acids is 1. The van der Waals surface area contributed by atoms with E-state index in [0.717, 1.165) is 45.0 Å². The molecule has 1 unspecified atom stereocenters. The maximum atomic E-state index is 12.3. The lowest BCUT2D eigenvalue weighted by Crippen LogP contribution is -2.39. The van der Waals surface area contributed by atoms with Crippen molar-refractivity contribution in [2.24, 2.45) is 10.9 Å². The summed E-state index contributed by atoms with van der Waals surface area (Å²) in [5.74, 6) is 1.38. The average Bonchev–Trinajstić information content (AvgIpc) is 3.33. The Bertz CT molecular complexity index is 793. The molecule has 0 bridgehead atoms. The number of benzene rings is 1. The maximum Gasteiger partial charge on any atom is 0.223 e. The number of aryl methyl sites for hydroxylation is 1. The average molecular weight is 526 g/mol. The highest BCUT2D eigenvalue weighted by molar-refractivity contribution is 14.0. The minimum atomic E-state index is 0. The molecule has 0 spiro atoms. The molecule has 0 aliphatic carbocycles. The van der Waals surface area contributed by atoms with Gasteiger partial charge in [0.05, 0.1) is 6.54 Å². The second kappa shape index (κ2) is 12.2. The van der Waals surface area contributed by atoms with E-state index in [1.807, 2.05) is 34.4 Å². The van der Waals surface area contributed by atoms with Crippen molar-refractivity contribution >= 4 is 47.2 Å². The van der Waals surface area contributed by atoms with E-state index in [1.54, 1.807) is 7.05 Å². The third-order valence-corrected chi connectivity index (χ3v) is 6.31. The van der Waals surface area contributed by atoms with E-state index in [1.165, 1.54) is 15.3 Å². The zero-order chi connectivity index (χ0) is 19.8. The number of thiophene rings is 1. The van der Waals surface area contributed by atoms with Crippen molar-refractivity contribution < 1.29 is 4.79 Å². The first-order chi connectivity index (χ1) is 13.7. The van der Waals surface area contributed by atoms with Gasteiger partial charge in [-0.1, -0.05) is 37.3 Å². The lowest BCUT2D eigenvalue weighted by atomic mass is 10.1. The Morgan fingerprint density at radius 3 is 2.62 bits per heavy atom. The van der Waals surface area contributed by atoms with Crippen molar-refractivity contribution in [1.29, 1.82) is 0 Å². The molecule has 29 heavy (non-hydrogen) atoms. The lowest BCUT2D eigenvalue weighted by molar-refractivity contribution is -0.127. The fraction of sp³-hybridized carbons (Fsp3) is 0.455. The van der Waals surface area contributed by atoms with Gasteiger partial charge < -0.3 is 15.5 Å². The normalized spacial score (nSPS) is 16.6. The first-order valence-corrected chi connectivity index (χ1v) is 10.8. The summed E-state index contributed by atoms with van der Waals surface area (Å²) in [7, 11) is 1.78. The van der Waals surface area contributed by atoms with E-state index >= 15 is 0 Å². The van der Waals surface area contributed by atoms with Crippen LogP contribution in [0.1, 0.15) is 28.7 Å². The van der Waals surface area contributed by atoms with E-state index in [9.17, 15) is 4.79 Å². The highest BCUT2D eigenvalue weighted by Gasteiger charge is 2.29. The molecule has 1 aromatic carbocycles. The smallest absolute Gasteiger partial charge is 0.223 e. The molecular formula is C22H31IN4OS. The van der Waals surface area contributed by atoms with Crippen LogP contribution in [0, 0.1) is 5.92 Å². The molecule has 0 saturated carbocycles. The van der Waals surface area contributed by atoms with Crippen molar-refractivity contribution in [2.75, 3.05) is 26.7 Å². The number of carbonyl (C=O) groups is 1. The zero-order valence-corrected chi connectivity index (χ0v) is 20.3. The molecule has 5 nitrogen and oxygen atoms in total. The molecule has 3 rings (SSSR count). The second-order valence-electron chi connectivity index (χ2n) is 7.17. The predicted octanol–water partition coefficient (Wildman–Crippen LogP) is 3.68. The van der Waals surface area contributed by atoms with E-state index in [0.29, 0.717) is 12.3 Å². The number of rotatable bonds is 8. The van der Waals surface area contributed by atoms with Crippen LogP contribution < -0.4 is 10.6 Å². The highest BCUT2D eigenvalue weighted by Crippen LogP contribution is 2.18. The molecule has 1 atom stereocenters. The number of hydrogen-bond donors (Lipinski definition) is 2. The van der Waals surface area contributed by atoms with E-state index in [4.69, 9.17) is 0 Å². The molecule has 7 heteroatoms. The van der Waals surface area contributed by atoms with Crippen molar-refractivity contribution in [3.63, 3.8) is 0 Å². The second-order valence-corrected chi connectivity index (χ2v) is 8.43. The van der Waals surface area contributed by atoms with Gasteiger partial charge in [0.1, 0.15) is 0 Å². The molecule has 158 valence electrons. The zero-order valence-electron chi connectivity index (χ0n) is 17.2. The fourth-order valence-electron chi connectivity index (χ4n) is 3.46. The summed E-state index contributed by atoms with van der Waals surface area (Å²) in [6.45, 7) is 5.33. The van der Waals surface area contributed by atoms with Crippen LogP contribution in [0.3, 0.4) is 0 Å². The molecule has 2 heterocycles. The third-order valence-electron chi connectivity index (χ3n) is 5.09.